The summed E-state index contributed by atoms with van der Waals surface area (Å²) in [5, 5.41) is 7.56. The first kappa shape index (κ1) is 20.7. The molecule has 0 aliphatic carbocycles. The molecule has 2 aromatic carbocycles. The molecule has 0 radical (unpaired) electrons. The number of hydrogen-bond acceptors (Lipinski definition) is 4. The lowest BCUT2D eigenvalue weighted by molar-refractivity contribution is -0.124. The maximum absolute atomic E-state index is 12.6. The van der Waals surface area contributed by atoms with Crippen LogP contribution in [0.2, 0.25) is 0 Å². The van der Waals surface area contributed by atoms with E-state index in [1.54, 1.807) is 0 Å². The number of benzene rings is 2. The summed E-state index contributed by atoms with van der Waals surface area (Å²) in [7, 11) is 0. The van der Waals surface area contributed by atoms with Crippen molar-refractivity contribution in [3.63, 3.8) is 0 Å². The van der Waals surface area contributed by atoms with Gasteiger partial charge in [-0.3, -0.25) is 14.5 Å². The monoisotopic (exact) mass is 418 g/mol. The lowest BCUT2D eigenvalue weighted by atomic mass is 10.1. The average molecular weight is 418 g/mol. The minimum Gasteiger partial charge on any atom is -0.494 e. The van der Waals surface area contributed by atoms with Crippen molar-refractivity contribution in [2.75, 3.05) is 18.1 Å². The van der Waals surface area contributed by atoms with E-state index in [0.29, 0.717) is 31.9 Å². The summed E-state index contributed by atoms with van der Waals surface area (Å²) >= 11 is 0. The van der Waals surface area contributed by atoms with Crippen molar-refractivity contribution in [2.24, 2.45) is 0 Å². The van der Waals surface area contributed by atoms with Crippen LogP contribution in [0.1, 0.15) is 24.5 Å². The summed E-state index contributed by atoms with van der Waals surface area (Å²) in [6.07, 6.45) is 0.327. The van der Waals surface area contributed by atoms with E-state index in [1.807, 2.05) is 73.1 Å². The predicted octanol–water partition coefficient (Wildman–Crippen LogP) is 3.31. The van der Waals surface area contributed by atoms with Gasteiger partial charge in [0.05, 0.1) is 18.8 Å². The van der Waals surface area contributed by atoms with E-state index in [1.165, 1.54) is 4.90 Å². The molecule has 0 atom stereocenters. The van der Waals surface area contributed by atoms with Crippen LogP contribution in [-0.4, -0.2) is 34.7 Å². The van der Waals surface area contributed by atoms with Gasteiger partial charge in [-0.2, -0.15) is 5.10 Å². The molecule has 0 unspecified atom stereocenters. The van der Waals surface area contributed by atoms with Gasteiger partial charge < -0.3 is 10.1 Å². The first-order valence-electron chi connectivity index (χ1n) is 10.5. The largest absolute Gasteiger partial charge is 0.494 e. The Labute approximate surface area is 181 Å². The molecule has 7 nitrogen and oxygen atoms in total. The summed E-state index contributed by atoms with van der Waals surface area (Å²) in [6.45, 7) is 5.46. The van der Waals surface area contributed by atoms with Crippen molar-refractivity contribution >= 4 is 17.6 Å². The van der Waals surface area contributed by atoms with Crippen molar-refractivity contribution in [1.82, 2.24) is 15.1 Å². The quantitative estimate of drug-likeness (QED) is 0.639. The van der Waals surface area contributed by atoms with Crippen molar-refractivity contribution in [1.29, 1.82) is 0 Å². The molecule has 1 aliphatic heterocycles. The summed E-state index contributed by atoms with van der Waals surface area (Å²) in [5.74, 6) is 1.18. The number of fused-ring (bicyclic) bond motifs is 1. The highest BCUT2D eigenvalue weighted by atomic mass is 16.5. The molecule has 2 amide bonds. The maximum Gasteiger partial charge on any atom is 0.240 e. The highest BCUT2D eigenvalue weighted by Gasteiger charge is 2.28. The number of anilines is 1. The molecule has 0 bridgehead atoms. The highest BCUT2D eigenvalue weighted by Crippen LogP contribution is 2.29. The van der Waals surface area contributed by atoms with Crippen LogP contribution < -0.4 is 15.0 Å². The fourth-order valence-electron chi connectivity index (χ4n) is 3.68. The molecule has 0 saturated heterocycles. The Morgan fingerprint density at radius 1 is 1.16 bits per heavy atom. The fourth-order valence-corrected chi connectivity index (χ4v) is 3.68. The number of hydrogen-bond donors (Lipinski definition) is 1. The molecule has 2 heterocycles. The summed E-state index contributed by atoms with van der Waals surface area (Å²) < 4.78 is 7.24. The van der Waals surface area contributed by atoms with Crippen LogP contribution in [0.5, 0.6) is 5.75 Å². The van der Waals surface area contributed by atoms with Gasteiger partial charge in [0.1, 0.15) is 18.1 Å². The third-order valence-corrected chi connectivity index (χ3v) is 5.32. The van der Waals surface area contributed by atoms with Gasteiger partial charge >= 0.3 is 0 Å². The second-order valence-electron chi connectivity index (χ2n) is 7.51. The SMILES string of the molecule is CCOc1ccc(CNC(=O)CN2C(=O)CCn3nc(-c4ccccc4C)cc32)cc1. The van der Waals surface area contributed by atoms with E-state index in [4.69, 9.17) is 4.74 Å². The number of nitrogens with zero attached hydrogens (tertiary/aromatic N) is 3. The Balaban J connectivity index is 1.44. The van der Waals surface area contributed by atoms with Gasteiger partial charge in [-0.25, -0.2) is 4.68 Å². The molecule has 0 fully saturated rings. The minimum atomic E-state index is -0.214. The van der Waals surface area contributed by atoms with Crippen molar-refractivity contribution in [2.45, 2.75) is 33.4 Å². The van der Waals surface area contributed by atoms with Gasteiger partial charge in [-0.05, 0) is 37.1 Å². The third kappa shape index (κ3) is 4.60. The molecule has 160 valence electrons. The molecule has 1 aliphatic rings. The highest BCUT2D eigenvalue weighted by molar-refractivity contribution is 5.99. The topological polar surface area (TPSA) is 76.5 Å². The van der Waals surface area contributed by atoms with Gasteiger partial charge in [0.25, 0.3) is 0 Å². The standard InChI is InChI=1S/C24H26N4O3/c1-3-31-19-10-8-18(9-11-19)15-25-22(29)16-27-23-14-21(20-7-5-4-6-17(20)2)26-28(23)13-12-24(27)30/h4-11,14H,3,12-13,15-16H2,1-2H3,(H,25,29). The van der Waals surface area contributed by atoms with Crippen LogP contribution in [0.3, 0.4) is 0 Å². The van der Waals surface area contributed by atoms with Crippen LogP contribution in [0.15, 0.2) is 54.6 Å². The zero-order valence-electron chi connectivity index (χ0n) is 17.8. The van der Waals surface area contributed by atoms with E-state index in [0.717, 1.165) is 28.1 Å². The molecule has 0 spiro atoms. The molecule has 31 heavy (non-hydrogen) atoms. The number of carbonyl (C=O) groups is 2. The Bertz CT molecular complexity index is 1090. The first-order valence-corrected chi connectivity index (χ1v) is 10.5. The predicted molar refractivity (Wildman–Crippen MR) is 119 cm³/mol. The number of aromatic nitrogens is 2. The molecule has 1 N–H and O–H groups in total. The maximum atomic E-state index is 12.6. The van der Waals surface area contributed by atoms with E-state index in [9.17, 15) is 9.59 Å². The van der Waals surface area contributed by atoms with Gasteiger partial charge in [-0.1, -0.05) is 36.4 Å². The smallest absolute Gasteiger partial charge is 0.240 e. The Kier molecular flexibility index (Phi) is 6.02. The molecular formula is C24H26N4O3. The van der Waals surface area contributed by atoms with Crippen LogP contribution in [0, 0.1) is 6.92 Å². The van der Waals surface area contributed by atoms with Crippen LogP contribution in [0.4, 0.5) is 5.82 Å². The van der Waals surface area contributed by atoms with Crippen molar-refractivity contribution in [3.05, 3.63) is 65.7 Å². The van der Waals surface area contributed by atoms with Crippen LogP contribution in [0.25, 0.3) is 11.3 Å². The number of rotatable bonds is 7. The summed E-state index contributed by atoms with van der Waals surface area (Å²) in [4.78, 5) is 26.7. The number of aryl methyl sites for hydroxylation is 2. The van der Waals surface area contributed by atoms with E-state index in [2.05, 4.69) is 10.4 Å². The molecule has 3 aromatic rings. The van der Waals surface area contributed by atoms with E-state index in [-0.39, 0.29) is 18.4 Å². The number of ether oxygens (including phenoxy) is 1. The second kappa shape index (κ2) is 9.04. The Morgan fingerprint density at radius 3 is 2.68 bits per heavy atom. The average Bonchev–Trinajstić information content (AvgIpc) is 3.20. The fraction of sp³-hybridized carbons (Fsp3) is 0.292. The normalized spacial score (nSPS) is 13.1. The molecule has 1 aromatic heterocycles. The van der Waals surface area contributed by atoms with Crippen LogP contribution >= 0.6 is 0 Å². The minimum absolute atomic E-state index is 0.0330. The number of amides is 2. The summed E-state index contributed by atoms with van der Waals surface area (Å²) in [5.41, 5.74) is 3.91. The second-order valence-corrected chi connectivity index (χ2v) is 7.51. The summed E-state index contributed by atoms with van der Waals surface area (Å²) in [6, 6.07) is 17.5. The number of carbonyl (C=O) groups excluding carboxylic acids is 2. The molecule has 4 rings (SSSR count). The van der Waals surface area contributed by atoms with E-state index < -0.39 is 0 Å². The van der Waals surface area contributed by atoms with Gasteiger partial charge in [0.2, 0.25) is 11.8 Å². The lowest BCUT2D eigenvalue weighted by Crippen LogP contribution is -2.44. The first-order chi connectivity index (χ1) is 15.0. The van der Waals surface area contributed by atoms with Crippen molar-refractivity contribution < 1.29 is 14.3 Å². The van der Waals surface area contributed by atoms with E-state index >= 15 is 0 Å². The van der Waals surface area contributed by atoms with Crippen LogP contribution in [-0.2, 0) is 22.7 Å². The number of nitrogens with one attached hydrogen (secondary N) is 1. The molecular weight excluding hydrogens is 392 g/mol. The third-order valence-electron chi connectivity index (χ3n) is 5.32. The lowest BCUT2D eigenvalue weighted by Gasteiger charge is -2.26. The van der Waals surface area contributed by atoms with Crippen molar-refractivity contribution in [3.8, 4) is 17.0 Å². The zero-order valence-corrected chi connectivity index (χ0v) is 17.8. The molecule has 7 heteroatoms. The Hall–Kier alpha value is -3.61. The molecule has 0 saturated carbocycles. The van der Waals surface area contributed by atoms with Gasteiger partial charge in [0, 0.05) is 24.6 Å². The Morgan fingerprint density at radius 2 is 1.94 bits per heavy atom. The van der Waals surface area contributed by atoms with Gasteiger partial charge in [0.15, 0.2) is 0 Å². The zero-order chi connectivity index (χ0) is 21.8. The van der Waals surface area contributed by atoms with Gasteiger partial charge in [-0.15, -0.1) is 0 Å².